The normalized spacial score (nSPS) is 42.0. The number of hydrogen-bond donors (Lipinski definition) is 3. The van der Waals surface area contributed by atoms with E-state index in [-0.39, 0.29) is 12.5 Å². The Morgan fingerprint density at radius 3 is 2.48 bits per heavy atom. The molecule has 3 N–H and O–H groups in total. The average Bonchev–Trinajstić information content (AvgIpc) is 2.53. The minimum absolute atomic E-state index is 0.107. The van der Waals surface area contributed by atoms with E-state index in [1.54, 1.807) is 0 Å². The first-order valence-corrected chi connectivity index (χ1v) is 8.51. The molecule has 1 saturated carbocycles. The van der Waals surface area contributed by atoms with Gasteiger partial charge in [-0.2, -0.15) is 0 Å². The van der Waals surface area contributed by atoms with Crippen LogP contribution in [0.2, 0.25) is 0 Å². The van der Waals surface area contributed by atoms with Crippen molar-refractivity contribution in [2.75, 3.05) is 19.6 Å². The maximum atomic E-state index is 13.9. The van der Waals surface area contributed by atoms with Crippen LogP contribution < -0.4 is 5.32 Å². The number of nitrogens with zero attached hydrogens (tertiary/aromatic N) is 1. The third kappa shape index (κ3) is 3.66. The van der Waals surface area contributed by atoms with E-state index in [4.69, 9.17) is 0 Å². The lowest BCUT2D eigenvalue weighted by Gasteiger charge is -2.46. The number of carbonyl (C=O) groups is 2. The molecule has 2 saturated heterocycles. The number of hydrogen-bond acceptors (Lipinski definition) is 4. The Kier molecular flexibility index (Phi) is 4.87. The van der Waals surface area contributed by atoms with Crippen LogP contribution in [0.25, 0.3) is 0 Å². The second-order valence-corrected chi connectivity index (χ2v) is 7.34. The SMILES string of the molecule is O=C(O)C1CC2CC(N3C[C@@H](F)C[C@H](C(=O)O)C3)CCC2CN1. The van der Waals surface area contributed by atoms with Gasteiger partial charge in [0.1, 0.15) is 12.2 Å². The van der Waals surface area contributed by atoms with Crippen LogP contribution in [-0.2, 0) is 9.59 Å². The van der Waals surface area contributed by atoms with Gasteiger partial charge < -0.3 is 15.5 Å². The van der Waals surface area contributed by atoms with E-state index in [0.717, 1.165) is 25.8 Å². The van der Waals surface area contributed by atoms with Gasteiger partial charge in [-0.1, -0.05) is 0 Å². The zero-order chi connectivity index (χ0) is 16.6. The topological polar surface area (TPSA) is 89.9 Å². The molecule has 0 aromatic rings. The Bertz CT molecular complexity index is 475. The number of piperidine rings is 2. The van der Waals surface area contributed by atoms with Gasteiger partial charge in [0.25, 0.3) is 0 Å². The molecule has 6 atom stereocenters. The summed E-state index contributed by atoms with van der Waals surface area (Å²) in [4.78, 5) is 24.4. The fourth-order valence-corrected chi connectivity index (χ4v) is 4.61. The van der Waals surface area contributed by atoms with Crippen molar-refractivity contribution in [1.29, 1.82) is 0 Å². The number of aliphatic carboxylic acids is 2. The summed E-state index contributed by atoms with van der Waals surface area (Å²) in [5, 5.41) is 21.5. The van der Waals surface area contributed by atoms with E-state index in [9.17, 15) is 24.2 Å². The molecule has 3 fully saturated rings. The fraction of sp³-hybridized carbons (Fsp3) is 0.875. The zero-order valence-corrected chi connectivity index (χ0v) is 13.2. The molecule has 130 valence electrons. The van der Waals surface area contributed by atoms with Gasteiger partial charge in [-0.25, -0.2) is 4.39 Å². The number of alkyl halides is 1. The van der Waals surface area contributed by atoms with Crippen molar-refractivity contribution in [3.8, 4) is 0 Å². The highest BCUT2D eigenvalue weighted by atomic mass is 19.1. The highest BCUT2D eigenvalue weighted by Gasteiger charge is 2.41. The number of carboxylic acids is 2. The summed E-state index contributed by atoms with van der Waals surface area (Å²) < 4.78 is 13.9. The Hall–Kier alpha value is -1.21. The Labute approximate surface area is 135 Å². The van der Waals surface area contributed by atoms with E-state index < -0.39 is 30.1 Å². The Balaban J connectivity index is 1.63. The summed E-state index contributed by atoms with van der Waals surface area (Å²) in [7, 11) is 0. The lowest BCUT2D eigenvalue weighted by atomic mass is 9.71. The van der Waals surface area contributed by atoms with Crippen molar-refractivity contribution >= 4 is 11.9 Å². The molecule has 23 heavy (non-hydrogen) atoms. The Morgan fingerprint density at radius 2 is 1.78 bits per heavy atom. The number of carboxylic acid groups (broad SMARTS) is 2. The molecule has 0 bridgehead atoms. The van der Waals surface area contributed by atoms with Crippen LogP contribution in [0, 0.1) is 17.8 Å². The van der Waals surface area contributed by atoms with Crippen LogP contribution in [0.3, 0.4) is 0 Å². The van der Waals surface area contributed by atoms with Crippen molar-refractivity contribution in [1.82, 2.24) is 10.2 Å². The van der Waals surface area contributed by atoms with Crippen molar-refractivity contribution in [2.24, 2.45) is 17.8 Å². The molecule has 2 aliphatic heterocycles. The first kappa shape index (κ1) is 16.6. The summed E-state index contributed by atoms with van der Waals surface area (Å²) in [5.74, 6) is -1.53. The molecule has 0 radical (unpaired) electrons. The molecular formula is C16H25FN2O4. The summed E-state index contributed by atoms with van der Waals surface area (Å²) in [5.41, 5.74) is 0. The second-order valence-electron chi connectivity index (χ2n) is 7.34. The third-order valence-corrected chi connectivity index (χ3v) is 5.87. The lowest BCUT2D eigenvalue weighted by Crippen LogP contribution is -2.54. The van der Waals surface area contributed by atoms with Crippen LogP contribution in [0.5, 0.6) is 0 Å². The van der Waals surface area contributed by atoms with Crippen molar-refractivity contribution in [3.63, 3.8) is 0 Å². The number of rotatable bonds is 3. The largest absolute Gasteiger partial charge is 0.481 e. The van der Waals surface area contributed by atoms with Gasteiger partial charge in [0.05, 0.1) is 5.92 Å². The molecule has 4 unspecified atom stereocenters. The second kappa shape index (κ2) is 6.73. The van der Waals surface area contributed by atoms with Crippen molar-refractivity contribution < 1.29 is 24.2 Å². The van der Waals surface area contributed by atoms with Crippen LogP contribution in [0.1, 0.15) is 32.1 Å². The smallest absolute Gasteiger partial charge is 0.320 e. The predicted octanol–water partition coefficient (Wildman–Crippen LogP) is 0.962. The number of nitrogens with one attached hydrogen (secondary N) is 1. The van der Waals surface area contributed by atoms with E-state index in [2.05, 4.69) is 5.32 Å². The van der Waals surface area contributed by atoms with Crippen molar-refractivity contribution in [2.45, 2.75) is 50.4 Å². The maximum absolute atomic E-state index is 13.9. The first-order valence-electron chi connectivity index (χ1n) is 8.51. The van der Waals surface area contributed by atoms with Gasteiger partial charge >= 0.3 is 11.9 Å². The monoisotopic (exact) mass is 328 g/mol. The molecule has 2 heterocycles. The highest BCUT2D eigenvalue weighted by Crippen LogP contribution is 2.38. The van der Waals surface area contributed by atoms with Crippen LogP contribution in [-0.4, -0.2) is 64.9 Å². The van der Waals surface area contributed by atoms with E-state index in [0.29, 0.717) is 31.3 Å². The standard InChI is InChI=1S/C16H25FN2O4/c17-12-3-11(15(20)21)7-19(8-12)13-2-1-9-6-18-14(16(22)23)5-10(9)4-13/h9-14,18H,1-8H2,(H,20,21)(H,22,23)/t9?,10?,11-,12-,13?,14?/m0/s1. The number of halogens is 1. The van der Waals surface area contributed by atoms with Crippen LogP contribution in [0.4, 0.5) is 4.39 Å². The summed E-state index contributed by atoms with van der Waals surface area (Å²) in [6, 6.07) is -0.304. The van der Waals surface area contributed by atoms with E-state index in [1.807, 2.05) is 4.90 Å². The minimum atomic E-state index is -1.08. The average molecular weight is 328 g/mol. The molecule has 1 aliphatic carbocycles. The summed E-state index contributed by atoms with van der Waals surface area (Å²) in [6.07, 6.45) is 2.44. The fourth-order valence-electron chi connectivity index (χ4n) is 4.61. The molecule has 0 spiro atoms. The molecule has 7 heteroatoms. The van der Waals surface area contributed by atoms with Crippen LogP contribution in [0.15, 0.2) is 0 Å². The summed E-state index contributed by atoms with van der Waals surface area (Å²) >= 11 is 0. The van der Waals surface area contributed by atoms with Gasteiger partial charge in [0.15, 0.2) is 0 Å². The number of likely N-dealkylation sites (tertiary alicyclic amines) is 1. The van der Waals surface area contributed by atoms with Gasteiger partial charge in [-0.3, -0.25) is 14.5 Å². The molecule has 3 rings (SSSR count). The van der Waals surface area contributed by atoms with Crippen LogP contribution >= 0.6 is 0 Å². The molecule has 6 nitrogen and oxygen atoms in total. The lowest BCUT2D eigenvalue weighted by molar-refractivity contribution is -0.146. The van der Waals surface area contributed by atoms with E-state index in [1.165, 1.54) is 0 Å². The van der Waals surface area contributed by atoms with Gasteiger partial charge in [-0.15, -0.1) is 0 Å². The van der Waals surface area contributed by atoms with Gasteiger partial charge in [0, 0.05) is 19.1 Å². The van der Waals surface area contributed by atoms with Crippen molar-refractivity contribution in [3.05, 3.63) is 0 Å². The van der Waals surface area contributed by atoms with Gasteiger partial charge in [0.2, 0.25) is 0 Å². The molecule has 3 aliphatic rings. The zero-order valence-electron chi connectivity index (χ0n) is 13.2. The first-order chi connectivity index (χ1) is 10.9. The predicted molar refractivity (Wildman–Crippen MR) is 80.9 cm³/mol. The highest BCUT2D eigenvalue weighted by molar-refractivity contribution is 5.73. The molecule has 0 aromatic heterocycles. The number of fused-ring (bicyclic) bond motifs is 1. The Morgan fingerprint density at radius 1 is 1.00 bits per heavy atom. The molecule has 0 aromatic carbocycles. The van der Waals surface area contributed by atoms with E-state index >= 15 is 0 Å². The van der Waals surface area contributed by atoms with Gasteiger partial charge in [-0.05, 0) is 50.5 Å². The minimum Gasteiger partial charge on any atom is -0.481 e. The molecule has 0 amide bonds. The maximum Gasteiger partial charge on any atom is 0.320 e. The quantitative estimate of drug-likeness (QED) is 0.715. The molecular weight excluding hydrogens is 303 g/mol. The summed E-state index contributed by atoms with van der Waals surface area (Å²) in [6.45, 7) is 1.46. The third-order valence-electron chi connectivity index (χ3n) is 5.87.